The molecule has 1 saturated heterocycles. The lowest BCUT2D eigenvalue weighted by Gasteiger charge is -2.26. The second-order valence-corrected chi connectivity index (χ2v) is 7.22. The lowest BCUT2D eigenvalue weighted by molar-refractivity contribution is -0.116. The van der Waals surface area contributed by atoms with Crippen LogP contribution in [0, 0.1) is 5.82 Å². The van der Waals surface area contributed by atoms with Crippen LogP contribution < -0.4 is 5.32 Å². The van der Waals surface area contributed by atoms with E-state index in [1.807, 2.05) is 6.92 Å². The van der Waals surface area contributed by atoms with E-state index in [-0.39, 0.29) is 37.9 Å². The Morgan fingerprint density at radius 1 is 1.35 bits per heavy atom. The molecule has 23 heavy (non-hydrogen) atoms. The van der Waals surface area contributed by atoms with Gasteiger partial charge in [-0.15, -0.1) is 0 Å². The van der Waals surface area contributed by atoms with Gasteiger partial charge in [0.1, 0.15) is 10.7 Å². The molecule has 0 bridgehead atoms. The monoisotopic (exact) mass is 344 g/mol. The van der Waals surface area contributed by atoms with Crippen molar-refractivity contribution >= 4 is 21.6 Å². The van der Waals surface area contributed by atoms with E-state index in [0.29, 0.717) is 6.42 Å². The van der Waals surface area contributed by atoms with Crippen LogP contribution in [0.1, 0.15) is 26.2 Å². The third-order valence-corrected chi connectivity index (χ3v) is 5.47. The van der Waals surface area contributed by atoms with Crippen molar-refractivity contribution < 1.29 is 22.3 Å². The summed E-state index contributed by atoms with van der Waals surface area (Å²) in [6.45, 7) is 2.92. The van der Waals surface area contributed by atoms with E-state index in [1.54, 1.807) is 0 Å². The molecule has 2 rings (SSSR count). The average Bonchev–Trinajstić information content (AvgIpc) is 2.55. The molecular weight excluding hydrogens is 323 g/mol. The lowest BCUT2D eigenvalue weighted by Crippen LogP contribution is -2.40. The molecule has 0 aliphatic carbocycles. The van der Waals surface area contributed by atoms with E-state index >= 15 is 0 Å². The van der Waals surface area contributed by atoms with E-state index in [1.165, 1.54) is 16.4 Å². The summed E-state index contributed by atoms with van der Waals surface area (Å²) >= 11 is 0. The molecule has 1 aromatic rings. The number of nitrogens with zero attached hydrogens (tertiary/aromatic N) is 1. The number of hydrogen-bond donors (Lipinski definition) is 1. The number of nitrogens with one attached hydrogen (secondary N) is 1. The van der Waals surface area contributed by atoms with Crippen LogP contribution in [0.15, 0.2) is 23.1 Å². The Balaban J connectivity index is 2.21. The van der Waals surface area contributed by atoms with E-state index in [9.17, 15) is 17.6 Å². The first kappa shape index (κ1) is 17.8. The van der Waals surface area contributed by atoms with Crippen molar-refractivity contribution in [2.24, 2.45) is 0 Å². The number of unbranched alkanes of at least 4 members (excludes halogenated alkanes) is 1. The van der Waals surface area contributed by atoms with Crippen molar-refractivity contribution in [3.05, 3.63) is 24.0 Å². The van der Waals surface area contributed by atoms with Crippen molar-refractivity contribution in [2.45, 2.75) is 31.1 Å². The summed E-state index contributed by atoms with van der Waals surface area (Å²) in [5.41, 5.74) is 0.277. The second kappa shape index (κ2) is 7.85. The third-order valence-electron chi connectivity index (χ3n) is 3.56. The second-order valence-electron chi connectivity index (χ2n) is 5.31. The number of sulfonamides is 1. The maximum absolute atomic E-state index is 14.0. The Bertz CT molecular complexity index is 657. The number of hydrogen-bond acceptors (Lipinski definition) is 4. The van der Waals surface area contributed by atoms with Crippen molar-refractivity contribution in [2.75, 3.05) is 31.6 Å². The topological polar surface area (TPSA) is 75.7 Å². The standard InChI is InChI=1S/C15H21FN2O4S/c1-2-3-4-15(19)17-12-5-6-13(16)14(11-12)23(20,21)18-7-9-22-10-8-18/h5-6,11H,2-4,7-10H2,1H3,(H,17,19). The van der Waals surface area contributed by atoms with Crippen LogP contribution in [0.4, 0.5) is 10.1 Å². The molecule has 0 unspecified atom stereocenters. The molecule has 1 fully saturated rings. The first-order valence-corrected chi connectivity index (χ1v) is 9.06. The van der Waals surface area contributed by atoms with E-state index < -0.39 is 20.7 Å². The number of morpholine rings is 1. The van der Waals surface area contributed by atoms with Gasteiger partial charge in [0, 0.05) is 25.2 Å². The number of amides is 1. The number of ether oxygens (including phenoxy) is 1. The molecule has 0 aromatic heterocycles. The molecule has 6 nitrogen and oxygen atoms in total. The Morgan fingerprint density at radius 2 is 2.04 bits per heavy atom. The van der Waals surface area contributed by atoms with Crippen LogP contribution in [0.5, 0.6) is 0 Å². The van der Waals surface area contributed by atoms with E-state index in [0.717, 1.165) is 18.9 Å². The summed E-state index contributed by atoms with van der Waals surface area (Å²) in [6, 6.07) is 3.59. The van der Waals surface area contributed by atoms with Crippen molar-refractivity contribution in [3.63, 3.8) is 0 Å². The first-order chi connectivity index (χ1) is 10.9. The minimum absolute atomic E-state index is 0.189. The summed E-state index contributed by atoms with van der Waals surface area (Å²) in [6.07, 6.45) is 1.97. The molecule has 1 aliphatic heterocycles. The maximum atomic E-state index is 14.0. The van der Waals surface area contributed by atoms with Gasteiger partial charge < -0.3 is 10.1 Å². The number of anilines is 1. The molecule has 128 valence electrons. The van der Waals surface area contributed by atoms with Crippen LogP contribution in [-0.4, -0.2) is 44.9 Å². The predicted octanol–water partition coefficient (Wildman–Crippen LogP) is 1.98. The van der Waals surface area contributed by atoms with E-state index in [2.05, 4.69) is 5.32 Å². The van der Waals surface area contributed by atoms with Gasteiger partial charge in [-0.2, -0.15) is 4.31 Å². The van der Waals surface area contributed by atoms with Crippen molar-refractivity contribution in [1.29, 1.82) is 0 Å². The van der Waals surface area contributed by atoms with E-state index in [4.69, 9.17) is 4.74 Å². The van der Waals surface area contributed by atoms with Crippen molar-refractivity contribution in [1.82, 2.24) is 4.31 Å². The highest BCUT2D eigenvalue weighted by molar-refractivity contribution is 7.89. The zero-order valence-corrected chi connectivity index (χ0v) is 13.9. The van der Waals surface area contributed by atoms with Crippen LogP contribution in [0.25, 0.3) is 0 Å². The Labute approximate surface area is 135 Å². The fourth-order valence-electron chi connectivity index (χ4n) is 2.27. The maximum Gasteiger partial charge on any atom is 0.246 e. The van der Waals surface area contributed by atoms with Crippen LogP contribution >= 0.6 is 0 Å². The molecule has 1 aromatic carbocycles. The van der Waals surface area contributed by atoms with Gasteiger partial charge in [-0.05, 0) is 24.6 Å². The minimum Gasteiger partial charge on any atom is -0.379 e. The van der Waals surface area contributed by atoms with Crippen LogP contribution in [0.3, 0.4) is 0 Å². The fourth-order valence-corrected chi connectivity index (χ4v) is 3.76. The molecule has 1 amide bonds. The Kier molecular flexibility index (Phi) is 6.09. The zero-order valence-electron chi connectivity index (χ0n) is 13.0. The SMILES string of the molecule is CCCCC(=O)Nc1ccc(F)c(S(=O)(=O)N2CCOCC2)c1. The van der Waals surface area contributed by atoms with Gasteiger partial charge in [0.05, 0.1) is 13.2 Å². The molecule has 8 heteroatoms. The number of rotatable bonds is 6. The van der Waals surface area contributed by atoms with Gasteiger partial charge in [0.2, 0.25) is 15.9 Å². The summed E-state index contributed by atoms with van der Waals surface area (Å²) in [4.78, 5) is 11.3. The average molecular weight is 344 g/mol. The zero-order chi connectivity index (χ0) is 16.9. The summed E-state index contributed by atoms with van der Waals surface area (Å²) in [5, 5.41) is 2.61. The van der Waals surface area contributed by atoms with Gasteiger partial charge in [-0.25, -0.2) is 12.8 Å². The molecule has 0 radical (unpaired) electrons. The summed E-state index contributed by atoms with van der Waals surface area (Å²) in [7, 11) is -3.94. The molecule has 1 N–H and O–H groups in total. The third kappa shape index (κ3) is 4.49. The largest absolute Gasteiger partial charge is 0.379 e. The molecular formula is C15H21FN2O4S. The Morgan fingerprint density at radius 3 is 2.70 bits per heavy atom. The smallest absolute Gasteiger partial charge is 0.246 e. The molecule has 1 heterocycles. The fraction of sp³-hybridized carbons (Fsp3) is 0.533. The Hall–Kier alpha value is -1.51. The highest BCUT2D eigenvalue weighted by atomic mass is 32.2. The number of carbonyl (C=O) groups excluding carboxylic acids is 1. The van der Waals surface area contributed by atoms with Gasteiger partial charge in [0.25, 0.3) is 0 Å². The first-order valence-electron chi connectivity index (χ1n) is 7.62. The quantitative estimate of drug-likeness (QED) is 0.856. The summed E-state index contributed by atoms with van der Waals surface area (Å²) < 4.78 is 45.4. The lowest BCUT2D eigenvalue weighted by atomic mass is 10.2. The normalized spacial score (nSPS) is 16.3. The van der Waals surface area contributed by atoms with Crippen LogP contribution in [-0.2, 0) is 19.6 Å². The molecule has 0 saturated carbocycles. The number of carbonyl (C=O) groups is 1. The highest BCUT2D eigenvalue weighted by Gasteiger charge is 2.29. The highest BCUT2D eigenvalue weighted by Crippen LogP contribution is 2.24. The minimum atomic E-state index is -3.94. The number of halogens is 1. The van der Waals surface area contributed by atoms with Gasteiger partial charge >= 0.3 is 0 Å². The molecule has 1 aliphatic rings. The van der Waals surface area contributed by atoms with Gasteiger partial charge in [0.15, 0.2) is 0 Å². The molecule has 0 atom stereocenters. The number of benzene rings is 1. The van der Waals surface area contributed by atoms with Crippen molar-refractivity contribution in [3.8, 4) is 0 Å². The van der Waals surface area contributed by atoms with Gasteiger partial charge in [-0.1, -0.05) is 13.3 Å². The summed E-state index contributed by atoms with van der Waals surface area (Å²) in [5.74, 6) is -1.05. The van der Waals surface area contributed by atoms with Gasteiger partial charge in [-0.3, -0.25) is 4.79 Å². The molecule has 0 spiro atoms. The van der Waals surface area contributed by atoms with Crippen LogP contribution in [0.2, 0.25) is 0 Å². The predicted molar refractivity (Wildman–Crippen MR) is 84.1 cm³/mol.